The number of nitrogen functional groups attached to an aromatic ring is 1. The van der Waals surface area contributed by atoms with E-state index >= 15 is 0 Å². The highest BCUT2D eigenvalue weighted by atomic mass is 35.5. The number of benzene rings is 1. The van der Waals surface area contributed by atoms with Crippen LogP contribution in [0.3, 0.4) is 0 Å². The predicted molar refractivity (Wildman–Crippen MR) is 94.7 cm³/mol. The van der Waals surface area contributed by atoms with Crippen molar-refractivity contribution in [1.29, 1.82) is 0 Å². The van der Waals surface area contributed by atoms with Gasteiger partial charge in [0, 0.05) is 17.3 Å². The number of thiazole rings is 1. The Balaban J connectivity index is 2.02. The quantitative estimate of drug-likeness (QED) is 0.728. The van der Waals surface area contributed by atoms with Crippen LogP contribution in [0.1, 0.15) is 6.92 Å². The summed E-state index contributed by atoms with van der Waals surface area (Å²) in [5.41, 5.74) is 6.70. The Labute approximate surface area is 149 Å². The number of hydrogen-bond donors (Lipinski definition) is 1. The van der Waals surface area contributed by atoms with Gasteiger partial charge in [0.1, 0.15) is 5.69 Å². The Hall–Kier alpha value is -1.74. The molecule has 0 spiro atoms. The molecule has 0 radical (unpaired) electrons. The molecular formula is C13H9Cl2N5OS2. The molecule has 0 aliphatic heterocycles. The van der Waals surface area contributed by atoms with Gasteiger partial charge in [-0.2, -0.15) is 0 Å². The topological polar surface area (TPSA) is 85.0 Å². The highest BCUT2D eigenvalue weighted by molar-refractivity contribution is 7.19. The second kappa shape index (κ2) is 6.40. The predicted octanol–water partition coefficient (Wildman–Crippen LogP) is 4.24. The summed E-state index contributed by atoms with van der Waals surface area (Å²) in [5.74, 6) is -0.216. The molecule has 0 unspecified atom stereocenters. The van der Waals surface area contributed by atoms with E-state index in [2.05, 4.69) is 15.2 Å². The van der Waals surface area contributed by atoms with Gasteiger partial charge in [-0.3, -0.25) is 9.69 Å². The fraction of sp³-hybridized carbons (Fsp3) is 0.0769. The molecule has 0 fully saturated rings. The van der Waals surface area contributed by atoms with E-state index in [1.165, 1.54) is 34.5 Å². The fourth-order valence-electron chi connectivity index (χ4n) is 1.87. The van der Waals surface area contributed by atoms with Gasteiger partial charge in [0.25, 0.3) is 0 Å². The summed E-state index contributed by atoms with van der Waals surface area (Å²) < 4.78 is 0. The van der Waals surface area contributed by atoms with E-state index in [4.69, 9.17) is 28.9 Å². The van der Waals surface area contributed by atoms with Gasteiger partial charge in [0.15, 0.2) is 10.1 Å². The van der Waals surface area contributed by atoms with Gasteiger partial charge in [-0.25, -0.2) is 4.98 Å². The van der Waals surface area contributed by atoms with Crippen molar-refractivity contribution < 1.29 is 4.79 Å². The number of amides is 1. The number of rotatable bonds is 3. The third kappa shape index (κ3) is 3.30. The molecule has 0 aliphatic carbocycles. The first kappa shape index (κ1) is 16.1. The summed E-state index contributed by atoms with van der Waals surface area (Å²) in [4.78, 5) is 18.0. The monoisotopic (exact) mass is 385 g/mol. The van der Waals surface area contributed by atoms with Gasteiger partial charge in [-0.15, -0.1) is 21.5 Å². The van der Waals surface area contributed by atoms with Crippen LogP contribution in [0.4, 0.5) is 16.0 Å². The maximum atomic E-state index is 12.1. The zero-order valence-corrected chi connectivity index (χ0v) is 14.8. The first-order valence-electron chi connectivity index (χ1n) is 6.26. The van der Waals surface area contributed by atoms with Gasteiger partial charge in [0.2, 0.25) is 11.0 Å². The molecule has 10 heteroatoms. The van der Waals surface area contributed by atoms with Crippen LogP contribution in [0.25, 0.3) is 10.7 Å². The van der Waals surface area contributed by atoms with Crippen LogP contribution in [0.15, 0.2) is 23.6 Å². The minimum absolute atomic E-state index is 0.216. The van der Waals surface area contributed by atoms with Crippen LogP contribution in [-0.2, 0) is 4.79 Å². The normalized spacial score (nSPS) is 10.7. The van der Waals surface area contributed by atoms with Crippen molar-refractivity contribution in [2.45, 2.75) is 6.92 Å². The van der Waals surface area contributed by atoms with Gasteiger partial charge >= 0.3 is 0 Å². The molecule has 1 aromatic carbocycles. The van der Waals surface area contributed by atoms with Gasteiger partial charge in [-0.05, 0) is 18.2 Å². The van der Waals surface area contributed by atoms with Crippen LogP contribution in [-0.4, -0.2) is 21.1 Å². The van der Waals surface area contributed by atoms with Crippen LogP contribution < -0.4 is 10.6 Å². The van der Waals surface area contributed by atoms with E-state index < -0.39 is 0 Å². The molecule has 6 nitrogen and oxygen atoms in total. The van der Waals surface area contributed by atoms with Crippen LogP contribution in [0.5, 0.6) is 0 Å². The Kier molecular flexibility index (Phi) is 4.49. The number of anilines is 3. The summed E-state index contributed by atoms with van der Waals surface area (Å²) in [7, 11) is 0. The second-order valence-electron chi connectivity index (χ2n) is 4.41. The molecule has 0 saturated carbocycles. The van der Waals surface area contributed by atoms with Crippen molar-refractivity contribution in [3.05, 3.63) is 33.6 Å². The van der Waals surface area contributed by atoms with Crippen LogP contribution >= 0.6 is 45.9 Å². The number of nitrogens with zero attached hydrogens (tertiary/aromatic N) is 4. The summed E-state index contributed by atoms with van der Waals surface area (Å²) in [6, 6.07) is 4.92. The Morgan fingerprint density at radius 1 is 1.30 bits per heavy atom. The summed E-state index contributed by atoms with van der Waals surface area (Å²) in [5, 5.41) is 11.8. The fourth-order valence-corrected chi connectivity index (χ4v) is 3.88. The highest BCUT2D eigenvalue weighted by Gasteiger charge is 2.21. The molecule has 2 N–H and O–H groups in total. The van der Waals surface area contributed by atoms with Crippen molar-refractivity contribution in [1.82, 2.24) is 15.2 Å². The van der Waals surface area contributed by atoms with E-state index in [1.807, 2.05) is 0 Å². The molecule has 0 atom stereocenters. The lowest BCUT2D eigenvalue weighted by Gasteiger charge is -2.19. The Morgan fingerprint density at radius 3 is 2.70 bits per heavy atom. The van der Waals surface area contributed by atoms with Crippen molar-refractivity contribution in [2.24, 2.45) is 0 Å². The number of hydrogen-bond acceptors (Lipinski definition) is 7. The number of halogens is 2. The minimum atomic E-state index is -0.216. The standard InChI is InChI=1S/C13H9Cl2N5OS2/c1-6(21)20(10-3-2-7(14)4-8(10)15)13-17-9(5-22-13)11-18-19-12(16)23-11/h2-5H,1H3,(H2,16,19). The Morgan fingerprint density at radius 2 is 2.09 bits per heavy atom. The highest BCUT2D eigenvalue weighted by Crippen LogP contribution is 2.37. The molecule has 0 saturated heterocycles. The van der Waals surface area contributed by atoms with Crippen molar-refractivity contribution in [3.63, 3.8) is 0 Å². The average molecular weight is 386 g/mol. The Bertz CT molecular complexity index is 879. The first-order chi connectivity index (χ1) is 11.0. The summed E-state index contributed by atoms with van der Waals surface area (Å²) in [6.45, 7) is 1.44. The third-order valence-electron chi connectivity index (χ3n) is 2.81. The van der Waals surface area contributed by atoms with E-state index in [0.717, 1.165) is 0 Å². The summed E-state index contributed by atoms with van der Waals surface area (Å²) >= 11 is 14.6. The largest absolute Gasteiger partial charge is 0.374 e. The smallest absolute Gasteiger partial charge is 0.230 e. The first-order valence-corrected chi connectivity index (χ1v) is 8.71. The van der Waals surface area contributed by atoms with E-state index in [9.17, 15) is 4.79 Å². The SMILES string of the molecule is CC(=O)N(c1nc(-c2nnc(N)s2)cs1)c1ccc(Cl)cc1Cl. The average Bonchev–Trinajstić information content (AvgIpc) is 3.10. The van der Waals surface area contributed by atoms with Crippen LogP contribution in [0, 0.1) is 0 Å². The van der Waals surface area contributed by atoms with Gasteiger partial charge in [-0.1, -0.05) is 34.5 Å². The zero-order valence-electron chi connectivity index (χ0n) is 11.7. The molecular weight excluding hydrogens is 377 g/mol. The van der Waals surface area contributed by atoms with Crippen molar-refractivity contribution in [2.75, 3.05) is 10.6 Å². The number of carbonyl (C=O) groups is 1. The lowest BCUT2D eigenvalue weighted by Crippen LogP contribution is -2.22. The van der Waals surface area contributed by atoms with Gasteiger partial charge in [0.05, 0.1) is 10.7 Å². The lowest BCUT2D eigenvalue weighted by molar-refractivity contribution is -0.115. The lowest BCUT2D eigenvalue weighted by atomic mass is 10.3. The molecule has 0 aliphatic rings. The number of aromatic nitrogens is 3. The second-order valence-corrected chi connectivity index (χ2v) is 7.10. The maximum absolute atomic E-state index is 12.1. The summed E-state index contributed by atoms with van der Waals surface area (Å²) in [6.07, 6.45) is 0. The third-order valence-corrected chi connectivity index (χ3v) is 4.95. The molecule has 23 heavy (non-hydrogen) atoms. The molecule has 3 rings (SSSR count). The molecule has 3 aromatic rings. The van der Waals surface area contributed by atoms with Crippen molar-refractivity contribution in [3.8, 4) is 10.7 Å². The number of nitrogens with two attached hydrogens (primary N) is 1. The molecule has 1 amide bonds. The van der Waals surface area contributed by atoms with Crippen LogP contribution in [0.2, 0.25) is 10.0 Å². The molecule has 0 bridgehead atoms. The maximum Gasteiger partial charge on any atom is 0.230 e. The van der Waals surface area contributed by atoms with E-state index in [-0.39, 0.29) is 5.91 Å². The van der Waals surface area contributed by atoms with E-state index in [1.54, 1.807) is 23.6 Å². The molecule has 2 heterocycles. The molecule has 118 valence electrons. The van der Waals surface area contributed by atoms with E-state index in [0.29, 0.717) is 36.7 Å². The molecule has 2 aromatic heterocycles. The number of carbonyl (C=O) groups excluding carboxylic acids is 1. The zero-order chi connectivity index (χ0) is 16.6. The van der Waals surface area contributed by atoms with Gasteiger partial charge < -0.3 is 5.73 Å². The van der Waals surface area contributed by atoms with Crippen molar-refractivity contribution >= 4 is 67.7 Å². The minimum Gasteiger partial charge on any atom is -0.374 e.